The first-order valence-electron chi connectivity index (χ1n) is 8.84. The van der Waals surface area contributed by atoms with E-state index in [0.717, 1.165) is 11.3 Å². The van der Waals surface area contributed by atoms with E-state index in [2.05, 4.69) is 5.16 Å². The summed E-state index contributed by atoms with van der Waals surface area (Å²) in [4.78, 5) is 14.6. The second-order valence-electron chi connectivity index (χ2n) is 6.80. The molecule has 27 heavy (non-hydrogen) atoms. The molecule has 0 bridgehead atoms. The number of rotatable bonds is 3. The third kappa shape index (κ3) is 3.10. The Kier molecular flexibility index (Phi) is 4.43. The lowest BCUT2D eigenvalue weighted by Crippen LogP contribution is -2.53. The first kappa shape index (κ1) is 18.0. The largest absolute Gasteiger partial charge is 0.480 e. The second kappa shape index (κ2) is 6.65. The van der Waals surface area contributed by atoms with E-state index in [1.807, 2.05) is 24.3 Å². The van der Waals surface area contributed by atoms with Crippen LogP contribution in [-0.4, -0.2) is 61.0 Å². The van der Waals surface area contributed by atoms with Crippen LogP contribution in [0.1, 0.15) is 17.0 Å². The Labute approximate surface area is 157 Å². The lowest BCUT2D eigenvalue weighted by Gasteiger charge is -2.34. The number of para-hydroxylation sites is 1. The molecule has 1 saturated heterocycles. The van der Waals surface area contributed by atoms with Gasteiger partial charge in [-0.3, -0.25) is 4.79 Å². The molecular weight excluding hydrogens is 370 g/mol. The number of sulfonamides is 1. The summed E-state index contributed by atoms with van der Waals surface area (Å²) in [5.41, 5.74) is 1.37. The molecule has 2 aromatic rings. The van der Waals surface area contributed by atoms with E-state index in [1.54, 1.807) is 18.7 Å². The standard InChI is InChI=1S/C18H21N3O5S/c1-12-17(13(2)26-19-12)27(23,24)21-9-7-20(8-10-21)18(22)16-11-14-5-3-4-6-15(14)25-16/h3-6,16H,7-11H2,1-2H3/t16-/m1/s1. The van der Waals surface area contributed by atoms with Crippen molar-refractivity contribution in [1.29, 1.82) is 0 Å². The van der Waals surface area contributed by atoms with Crippen molar-refractivity contribution in [1.82, 2.24) is 14.4 Å². The number of ether oxygens (including phenoxy) is 1. The predicted octanol–water partition coefficient (Wildman–Crippen LogP) is 1.13. The second-order valence-corrected chi connectivity index (χ2v) is 8.68. The Morgan fingerprint density at radius 1 is 1.15 bits per heavy atom. The number of nitrogens with zero attached hydrogens (tertiary/aromatic N) is 3. The Morgan fingerprint density at radius 2 is 1.85 bits per heavy atom. The molecule has 8 nitrogen and oxygen atoms in total. The van der Waals surface area contributed by atoms with Gasteiger partial charge in [0.15, 0.2) is 11.9 Å². The molecule has 0 aliphatic carbocycles. The van der Waals surface area contributed by atoms with Gasteiger partial charge in [0.1, 0.15) is 16.3 Å². The summed E-state index contributed by atoms with van der Waals surface area (Å²) in [6, 6.07) is 7.62. The summed E-state index contributed by atoms with van der Waals surface area (Å²) in [6.07, 6.45) is 0.0141. The van der Waals surface area contributed by atoms with Gasteiger partial charge < -0.3 is 14.2 Å². The zero-order valence-electron chi connectivity index (χ0n) is 15.2. The van der Waals surface area contributed by atoms with E-state index in [4.69, 9.17) is 9.26 Å². The van der Waals surface area contributed by atoms with Crippen molar-refractivity contribution < 1.29 is 22.5 Å². The highest BCUT2D eigenvalue weighted by Crippen LogP contribution is 2.29. The van der Waals surface area contributed by atoms with Gasteiger partial charge >= 0.3 is 0 Å². The minimum Gasteiger partial charge on any atom is -0.480 e. The summed E-state index contributed by atoms with van der Waals surface area (Å²) in [5, 5.41) is 3.73. The smallest absolute Gasteiger partial charge is 0.264 e. The van der Waals surface area contributed by atoms with Crippen LogP contribution in [0.25, 0.3) is 0 Å². The Balaban J connectivity index is 1.42. The molecule has 0 spiro atoms. The van der Waals surface area contributed by atoms with Crippen molar-refractivity contribution in [2.45, 2.75) is 31.3 Å². The van der Waals surface area contributed by atoms with Crippen LogP contribution in [0.4, 0.5) is 0 Å². The molecule has 2 aliphatic heterocycles. The Bertz CT molecular complexity index is 932. The van der Waals surface area contributed by atoms with Gasteiger partial charge in [-0.1, -0.05) is 23.4 Å². The highest BCUT2D eigenvalue weighted by atomic mass is 32.2. The fourth-order valence-corrected chi connectivity index (χ4v) is 5.36. The van der Waals surface area contributed by atoms with E-state index in [9.17, 15) is 13.2 Å². The molecule has 0 N–H and O–H groups in total. The molecule has 0 unspecified atom stereocenters. The highest BCUT2D eigenvalue weighted by molar-refractivity contribution is 7.89. The van der Waals surface area contributed by atoms with E-state index in [-0.39, 0.29) is 29.7 Å². The fraction of sp³-hybridized carbons (Fsp3) is 0.444. The molecule has 0 saturated carbocycles. The maximum Gasteiger partial charge on any atom is 0.264 e. The molecule has 1 atom stereocenters. The van der Waals surface area contributed by atoms with E-state index in [1.165, 1.54) is 4.31 Å². The van der Waals surface area contributed by atoms with Crippen LogP contribution in [0.5, 0.6) is 5.75 Å². The maximum absolute atomic E-state index is 12.9. The van der Waals surface area contributed by atoms with Gasteiger partial charge in [-0.15, -0.1) is 0 Å². The van der Waals surface area contributed by atoms with Gasteiger partial charge in [0.2, 0.25) is 10.0 Å². The quantitative estimate of drug-likeness (QED) is 0.779. The average Bonchev–Trinajstić information content (AvgIpc) is 3.24. The zero-order chi connectivity index (χ0) is 19.2. The number of carbonyl (C=O) groups is 1. The van der Waals surface area contributed by atoms with Gasteiger partial charge in [-0.2, -0.15) is 4.31 Å². The summed E-state index contributed by atoms with van der Waals surface area (Å²) in [7, 11) is -3.68. The molecule has 1 aromatic carbocycles. The number of hydrogen-bond acceptors (Lipinski definition) is 6. The third-order valence-electron chi connectivity index (χ3n) is 5.04. The number of piperazine rings is 1. The Morgan fingerprint density at radius 3 is 2.48 bits per heavy atom. The number of hydrogen-bond donors (Lipinski definition) is 0. The van der Waals surface area contributed by atoms with Crippen LogP contribution < -0.4 is 4.74 Å². The number of fused-ring (bicyclic) bond motifs is 1. The summed E-state index contributed by atoms with van der Waals surface area (Å²) in [6.45, 7) is 4.32. The molecule has 9 heteroatoms. The minimum absolute atomic E-state index is 0.0967. The van der Waals surface area contributed by atoms with E-state index >= 15 is 0 Å². The average molecular weight is 391 g/mol. The normalized spacial score (nSPS) is 20.4. The monoisotopic (exact) mass is 391 g/mol. The minimum atomic E-state index is -3.68. The van der Waals surface area contributed by atoms with Crippen molar-refractivity contribution in [3.8, 4) is 5.75 Å². The molecular formula is C18H21N3O5S. The molecule has 4 rings (SSSR count). The molecule has 1 fully saturated rings. The topological polar surface area (TPSA) is 93.0 Å². The summed E-state index contributed by atoms with van der Waals surface area (Å²) < 4.78 is 37.9. The number of benzene rings is 1. The van der Waals surface area contributed by atoms with Crippen LogP contribution >= 0.6 is 0 Å². The molecule has 3 heterocycles. The van der Waals surface area contributed by atoms with Gasteiger partial charge in [-0.05, 0) is 25.5 Å². The lowest BCUT2D eigenvalue weighted by atomic mass is 10.1. The zero-order valence-corrected chi connectivity index (χ0v) is 16.0. The van der Waals surface area contributed by atoms with Crippen LogP contribution in [0, 0.1) is 13.8 Å². The van der Waals surface area contributed by atoms with Crippen molar-refractivity contribution in [2.75, 3.05) is 26.2 Å². The van der Waals surface area contributed by atoms with Gasteiger partial charge in [-0.25, -0.2) is 8.42 Å². The summed E-state index contributed by atoms with van der Waals surface area (Å²) >= 11 is 0. The van der Waals surface area contributed by atoms with Gasteiger partial charge in [0.25, 0.3) is 5.91 Å². The molecule has 1 amide bonds. The van der Waals surface area contributed by atoms with Crippen LogP contribution in [0.15, 0.2) is 33.7 Å². The first-order valence-corrected chi connectivity index (χ1v) is 10.3. The van der Waals surface area contributed by atoms with Crippen molar-refractivity contribution in [3.05, 3.63) is 41.3 Å². The van der Waals surface area contributed by atoms with Gasteiger partial charge in [0, 0.05) is 32.6 Å². The molecule has 1 aromatic heterocycles. The Hall–Kier alpha value is -2.39. The molecule has 2 aliphatic rings. The number of aryl methyl sites for hydroxylation is 2. The van der Waals surface area contributed by atoms with Gasteiger partial charge in [0.05, 0.1) is 0 Å². The fourth-order valence-electron chi connectivity index (χ4n) is 3.64. The first-order chi connectivity index (χ1) is 12.9. The van der Waals surface area contributed by atoms with Crippen LogP contribution in [-0.2, 0) is 21.2 Å². The van der Waals surface area contributed by atoms with Crippen molar-refractivity contribution in [2.24, 2.45) is 0 Å². The number of carbonyl (C=O) groups excluding carboxylic acids is 1. The van der Waals surface area contributed by atoms with Crippen LogP contribution in [0.3, 0.4) is 0 Å². The van der Waals surface area contributed by atoms with E-state index in [0.29, 0.717) is 25.2 Å². The molecule has 144 valence electrons. The summed E-state index contributed by atoms with van der Waals surface area (Å²) in [5.74, 6) is 0.930. The third-order valence-corrected chi connectivity index (χ3v) is 7.18. The molecule has 0 radical (unpaired) electrons. The lowest BCUT2D eigenvalue weighted by molar-refractivity contribution is -0.139. The number of amides is 1. The van der Waals surface area contributed by atoms with E-state index < -0.39 is 16.1 Å². The number of aromatic nitrogens is 1. The maximum atomic E-state index is 12.9. The van der Waals surface area contributed by atoms with Crippen LogP contribution in [0.2, 0.25) is 0 Å². The van der Waals surface area contributed by atoms with Crippen molar-refractivity contribution in [3.63, 3.8) is 0 Å². The SMILES string of the molecule is Cc1noc(C)c1S(=O)(=O)N1CCN(C(=O)[C@H]2Cc3ccccc3O2)CC1. The highest BCUT2D eigenvalue weighted by Gasteiger charge is 2.37. The predicted molar refractivity (Wildman–Crippen MR) is 95.9 cm³/mol. The van der Waals surface area contributed by atoms with Crippen molar-refractivity contribution >= 4 is 15.9 Å².